The third kappa shape index (κ3) is 3.68. The fourth-order valence-corrected chi connectivity index (χ4v) is 4.59. The highest BCUT2D eigenvalue weighted by Gasteiger charge is 2.16. The fourth-order valence-electron chi connectivity index (χ4n) is 3.33. The molecule has 0 aliphatic carbocycles. The van der Waals surface area contributed by atoms with Gasteiger partial charge in [0.25, 0.3) is 0 Å². The molecule has 4 rings (SSSR count). The van der Waals surface area contributed by atoms with Gasteiger partial charge in [0.05, 0.1) is 6.54 Å². The van der Waals surface area contributed by atoms with Crippen molar-refractivity contribution in [1.29, 1.82) is 0 Å². The highest BCUT2D eigenvalue weighted by Crippen LogP contribution is 2.31. The summed E-state index contributed by atoms with van der Waals surface area (Å²) >= 11 is 1.74. The van der Waals surface area contributed by atoms with E-state index in [1.54, 1.807) is 34.6 Å². The summed E-state index contributed by atoms with van der Waals surface area (Å²) in [4.78, 5) is 31.2. The summed E-state index contributed by atoms with van der Waals surface area (Å²) in [6.45, 7) is 2.70. The summed E-state index contributed by atoms with van der Waals surface area (Å²) in [6.07, 6.45) is 6.17. The maximum Gasteiger partial charge on any atom is 0.246 e. The zero-order valence-corrected chi connectivity index (χ0v) is 16.7. The Hall–Kier alpha value is -2.99. The number of anilines is 1. The van der Waals surface area contributed by atoms with Crippen molar-refractivity contribution in [3.05, 3.63) is 64.2 Å². The lowest BCUT2D eigenvalue weighted by Gasteiger charge is -2.16. The highest BCUT2D eigenvalue weighted by atomic mass is 32.1. The molecule has 1 aliphatic heterocycles. The van der Waals surface area contributed by atoms with Crippen LogP contribution in [-0.2, 0) is 22.6 Å². The van der Waals surface area contributed by atoms with Crippen LogP contribution in [0.3, 0.4) is 0 Å². The maximum atomic E-state index is 12.5. The molecule has 5 nitrogen and oxygen atoms in total. The summed E-state index contributed by atoms with van der Waals surface area (Å²) in [6, 6.07) is 10.3. The average Bonchev–Trinajstić information content (AvgIpc) is 3.01. The minimum absolute atomic E-state index is 0.00312. The summed E-state index contributed by atoms with van der Waals surface area (Å²) < 4.78 is 1.25. The Balaban J connectivity index is 1.45. The van der Waals surface area contributed by atoms with E-state index in [9.17, 15) is 9.59 Å². The van der Waals surface area contributed by atoms with Crippen LogP contribution < -0.4 is 5.32 Å². The summed E-state index contributed by atoms with van der Waals surface area (Å²) in [5.41, 5.74) is 3.10. The Morgan fingerprint density at radius 3 is 2.96 bits per heavy atom. The molecule has 2 amide bonds. The van der Waals surface area contributed by atoms with Gasteiger partial charge in [-0.15, -0.1) is 11.3 Å². The maximum absolute atomic E-state index is 12.5. The molecule has 0 atom stereocenters. The number of aromatic nitrogens is 1. The van der Waals surface area contributed by atoms with E-state index in [2.05, 4.69) is 29.4 Å². The van der Waals surface area contributed by atoms with Gasteiger partial charge in [-0.2, -0.15) is 0 Å². The van der Waals surface area contributed by atoms with Crippen molar-refractivity contribution in [1.82, 2.24) is 9.88 Å². The van der Waals surface area contributed by atoms with Crippen molar-refractivity contribution in [3.8, 4) is 0 Å². The van der Waals surface area contributed by atoms with Crippen LogP contribution in [0.5, 0.6) is 0 Å². The molecule has 0 bridgehead atoms. The van der Waals surface area contributed by atoms with E-state index in [0.29, 0.717) is 25.2 Å². The molecule has 0 radical (unpaired) electrons. The first-order chi connectivity index (χ1) is 13.5. The van der Waals surface area contributed by atoms with Crippen molar-refractivity contribution in [2.45, 2.75) is 26.3 Å². The number of likely N-dealkylation sites (N-methyl/N-ethyl adjacent to an activating group) is 1. The Labute approximate surface area is 167 Å². The molecule has 3 aromatic rings. The minimum Gasteiger partial charge on any atom is -0.337 e. The number of hydrogen-bond acceptors (Lipinski definition) is 4. The second kappa shape index (κ2) is 7.56. The van der Waals surface area contributed by atoms with E-state index in [1.807, 2.05) is 25.2 Å². The van der Waals surface area contributed by atoms with Gasteiger partial charge in [-0.25, -0.2) is 4.98 Å². The SMILES string of the molecule is Cc1c(CN(C)C(=O)/C=C/c2cnc3c(c2)CCC(=O)N3)sc2ccccc12. The van der Waals surface area contributed by atoms with Crippen LogP contribution in [0.1, 0.15) is 28.0 Å². The molecule has 0 spiro atoms. The zero-order valence-electron chi connectivity index (χ0n) is 15.9. The number of carbonyl (C=O) groups is 2. The number of hydrogen-bond donors (Lipinski definition) is 1. The molecule has 0 saturated carbocycles. The summed E-state index contributed by atoms with van der Waals surface area (Å²) in [5.74, 6) is 0.566. The number of benzene rings is 1. The number of nitrogens with zero attached hydrogens (tertiary/aromatic N) is 2. The molecule has 0 fully saturated rings. The Morgan fingerprint density at radius 1 is 1.32 bits per heavy atom. The van der Waals surface area contributed by atoms with E-state index >= 15 is 0 Å². The second-order valence-corrected chi connectivity index (χ2v) is 8.14. The molecule has 1 aliphatic rings. The fraction of sp³-hybridized carbons (Fsp3) is 0.227. The number of thiophene rings is 1. The quantitative estimate of drug-likeness (QED) is 0.679. The normalized spacial score (nSPS) is 13.6. The largest absolute Gasteiger partial charge is 0.337 e. The van der Waals surface area contributed by atoms with Crippen LogP contribution in [0.4, 0.5) is 5.82 Å². The first-order valence-corrected chi connectivity index (χ1v) is 10.0. The molecular formula is C22H21N3O2S. The molecule has 2 aromatic heterocycles. The van der Waals surface area contributed by atoms with Crippen molar-refractivity contribution < 1.29 is 9.59 Å². The minimum atomic E-state index is -0.0529. The molecule has 3 heterocycles. The number of rotatable bonds is 4. The van der Waals surface area contributed by atoms with Gasteiger partial charge in [-0.05, 0) is 53.6 Å². The van der Waals surface area contributed by atoms with Gasteiger partial charge < -0.3 is 10.2 Å². The number of aryl methyl sites for hydroxylation is 2. The zero-order chi connectivity index (χ0) is 19.7. The Kier molecular flexibility index (Phi) is 4.96. The van der Waals surface area contributed by atoms with Gasteiger partial charge >= 0.3 is 0 Å². The lowest BCUT2D eigenvalue weighted by molar-refractivity contribution is -0.125. The number of amides is 2. The molecule has 0 unspecified atom stereocenters. The van der Waals surface area contributed by atoms with Crippen molar-refractivity contribution >= 4 is 45.1 Å². The first-order valence-electron chi connectivity index (χ1n) is 9.20. The smallest absolute Gasteiger partial charge is 0.246 e. The standard InChI is InChI=1S/C22H21N3O2S/c1-14-17-5-3-4-6-18(17)28-19(14)13-25(2)21(27)10-7-15-11-16-8-9-20(26)24-22(16)23-12-15/h3-7,10-12H,8-9,13H2,1-2H3,(H,23,24,26)/b10-7+. The van der Waals surface area contributed by atoms with E-state index < -0.39 is 0 Å². The molecule has 6 heteroatoms. The topological polar surface area (TPSA) is 62.3 Å². The highest BCUT2D eigenvalue weighted by molar-refractivity contribution is 7.19. The van der Waals surface area contributed by atoms with Crippen LogP contribution in [0.15, 0.2) is 42.6 Å². The third-order valence-corrected chi connectivity index (χ3v) is 6.24. The van der Waals surface area contributed by atoms with Crippen molar-refractivity contribution in [3.63, 3.8) is 0 Å². The molecule has 1 aromatic carbocycles. The van der Waals surface area contributed by atoms with Gasteiger partial charge in [0.15, 0.2) is 0 Å². The molecule has 0 saturated heterocycles. The van der Waals surface area contributed by atoms with Crippen LogP contribution in [0.25, 0.3) is 16.2 Å². The van der Waals surface area contributed by atoms with Crippen LogP contribution in [0, 0.1) is 6.92 Å². The van der Waals surface area contributed by atoms with Gasteiger partial charge in [0, 0.05) is 35.3 Å². The predicted octanol–water partition coefficient (Wildman–Crippen LogP) is 4.16. The lowest BCUT2D eigenvalue weighted by atomic mass is 10.0. The molecule has 142 valence electrons. The van der Waals surface area contributed by atoms with E-state index in [1.165, 1.54) is 20.5 Å². The predicted molar refractivity (Wildman–Crippen MR) is 113 cm³/mol. The summed E-state index contributed by atoms with van der Waals surface area (Å²) in [7, 11) is 1.82. The van der Waals surface area contributed by atoms with Crippen molar-refractivity contribution in [2.75, 3.05) is 12.4 Å². The summed E-state index contributed by atoms with van der Waals surface area (Å²) in [5, 5.41) is 4.02. The number of pyridine rings is 1. The average molecular weight is 391 g/mol. The molecule has 1 N–H and O–H groups in total. The van der Waals surface area contributed by atoms with Crippen LogP contribution >= 0.6 is 11.3 Å². The first kappa shape index (κ1) is 18.4. The van der Waals surface area contributed by atoms with Crippen molar-refractivity contribution in [2.24, 2.45) is 0 Å². The van der Waals surface area contributed by atoms with Gasteiger partial charge in [0.1, 0.15) is 5.82 Å². The van der Waals surface area contributed by atoms with E-state index in [-0.39, 0.29) is 11.8 Å². The lowest BCUT2D eigenvalue weighted by Crippen LogP contribution is -2.24. The molecular weight excluding hydrogens is 370 g/mol. The van der Waals surface area contributed by atoms with Crippen LogP contribution in [0.2, 0.25) is 0 Å². The Morgan fingerprint density at radius 2 is 2.14 bits per heavy atom. The third-order valence-electron chi connectivity index (χ3n) is 4.98. The number of carbonyl (C=O) groups excluding carboxylic acids is 2. The van der Waals surface area contributed by atoms with Gasteiger partial charge in [-0.1, -0.05) is 18.2 Å². The Bertz CT molecular complexity index is 1100. The van der Waals surface area contributed by atoms with E-state index in [4.69, 9.17) is 0 Å². The number of fused-ring (bicyclic) bond motifs is 2. The number of nitrogens with one attached hydrogen (secondary N) is 1. The van der Waals surface area contributed by atoms with Crippen LogP contribution in [-0.4, -0.2) is 28.7 Å². The second-order valence-electron chi connectivity index (χ2n) is 7.00. The molecule has 28 heavy (non-hydrogen) atoms. The van der Waals surface area contributed by atoms with E-state index in [0.717, 1.165) is 11.1 Å². The van der Waals surface area contributed by atoms with Gasteiger partial charge in [-0.3, -0.25) is 9.59 Å². The monoisotopic (exact) mass is 391 g/mol. The van der Waals surface area contributed by atoms with Gasteiger partial charge in [0.2, 0.25) is 11.8 Å².